The van der Waals surface area contributed by atoms with E-state index in [4.69, 9.17) is 11.6 Å². The van der Waals surface area contributed by atoms with E-state index in [0.29, 0.717) is 16.4 Å². The average molecular weight is 301 g/mol. The van der Waals surface area contributed by atoms with Crippen molar-refractivity contribution in [3.8, 4) is 0 Å². The number of hydrogen-bond acceptors (Lipinski definition) is 2. The van der Waals surface area contributed by atoms with Crippen molar-refractivity contribution in [1.82, 2.24) is 15.0 Å². The number of rotatable bonds is 0. The quantitative estimate of drug-likeness (QED) is 0.644. The van der Waals surface area contributed by atoms with Crippen LogP contribution in [0.1, 0.15) is 0 Å². The van der Waals surface area contributed by atoms with E-state index in [-0.39, 0.29) is 5.15 Å². The minimum atomic E-state index is -0.541. The molecule has 0 unspecified atom stereocenters. The molecule has 0 fully saturated rings. The molecule has 0 aliphatic carbocycles. The van der Waals surface area contributed by atoms with Crippen molar-refractivity contribution in [3.05, 3.63) is 33.9 Å². The molecule has 0 bridgehead atoms. The SMILES string of the molecule is Fc1c(Cl)ncc2[nH]c3cc(Br)cnc3c12. The molecule has 0 saturated carbocycles. The second-order valence-electron chi connectivity index (χ2n) is 3.33. The van der Waals surface area contributed by atoms with Crippen LogP contribution in [0.25, 0.3) is 21.9 Å². The van der Waals surface area contributed by atoms with E-state index in [2.05, 4.69) is 30.9 Å². The lowest BCUT2D eigenvalue weighted by Gasteiger charge is -1.95. The first-order chi connectivity index (χ1) is 7.66. The zero-order chi connectivity index (χ0) is 11.3. The first-order valence-electron chi connectivity index (χ1n) is 4.44. The van der Waals surface area contributed by atoms with Crippen LogP contribution in [0.5, 0.6) is 0 Å². The summed E-state index contributed by atoms with van der Waals surface area (Å²) in [7, 11) is 0. The predicted octanol–water partition coefficient (Wildman–Crippen LogP) is 3.67. The average Bonchev–Trinajstić information content (AvgIpc) is 2.61. The Kier molecular flexibility index (Phi) is 2.12. The summed E-state index contributed by atoms with van der Waals surface area (Å²) >= 11 is 8.94. The van der Waals surface area contributed by atoms with Crippen molar-refractivity contribution in [1.29, 1.82) is 0 Å². The van der Waals surface area contributed by atoms with Gasteiger partial charge in [0.2, 0.25) is 0 Å². The number of pyridine rings is 2. The smallest absolute Gasteiger partial charge is 0.172 e. The van der Waals surface area contributed by atoms with Crippen LogP contribution in [0.4, 0.5) is 4.39 Å². The molecule has 0 saturated heterocycles. The van der Waals surface area contributed by atoms with Gasteiger partial charge in [-0.25, -0.2) is 9.37 Å². The Bertz CT molecular complexity index is 709. The molecule has 3 nitrogen and oxygen atoms in total. The van der Waals surface area contributed by atoms with E-state index in [1.165, 1.54) is 6.20 Å². The second-order valence-corrected chi connectivity index (χ2v) is 4.60. The van der Waals surface area contributed by atoms with Crippen molar-refractivity contribution >= 4 is 49.5 Å². The monoisotopic (exact) mass is 299 g/mol. The van der Waals surface area contributed by atoms with Crippen LogP contribution in [0.2, 0.25) is 5.15 Å². The fraction of sp³-hybridized carbons (Fsp3) is 0. The molecular formula is C10H4BrClFN3. The molecule has 0 aromatic carbocycles. The Morgan fingerprint density at radius 3 is 2.88 bits per heavy atom. The molecule has 16 heavy (non-hydrogen) atoms. The Balaban J connectivity index is 2.57. The summed E-state index contributed by atoms with van der Waals surface area (Å²) in [5.41, 5.74) is 1.88. The van der Waals surface area contributed by atoms with Gasteiger partial charge in [0.05, 0.1) is 28.1 Å². The molecule has 0 spiro atoms. The van der Waals surface area contributed by atoms with Crippen molar-refractivity contribution in [2.45, 2.75) is 0 Å². The number of H-pyrrole nitrogens is 1. The van der Waals surface area contributed by atoms with Crippen LogP contribution < -0.4 is 0 Å². The van der Waals surface area contributed by atoms with Gasteiger partial charge in [-0.05, 0) is 22.0 Å². The fourth-order valence-electron chi connectivity index (χ4n) is 1.67. The van der Waals surface area contributed by atoms with Crippen molar-refractivity contribution in [3.63, 3.8) is 0 Å². The van der Waals surface area contributed by atoms with E-state index in [0.717, 1.165) is 9.99 Å². The Morgan fingerprint density at radius 2 is 2.06 bits per heavy atom. The lowest BCUT2D eigenvalue weighted by molar-refractivity contribution is 0.635. The van der Waals surface area contributed by atoms with Gasteiger partial charge in [0, 0.05) is 10.7 Å². The van der Waals surface area contributed by atoms with Crippen LogP contribution in [0.15, 0.2) is 22.9 Å². The highest BCUT2D eigenvalue weighted by Crippen LogP contribution is 2.29. The van der Waals surface area contributed by atoms with Crippen LogP contribution >= 0.6 is 27.5 Å². The van der Waals surface area contributed by atoms with E-state index < -0.39 is 5.82 Å². The maximum Gasteiger partial charge on any atom is 0.172 e. The number of aromatic nitrogens is 3. The van der Waals surface area contributed by atoms with Gasteiger partial charge in [-0.3, -0.25) is 4.98 Å². The van der Waals surface area contributed by atoms with Gasteiger partial charge in [0.1, 0.15) is 0 Å². The number of hydrogen-bond donors (Lipinski definition) is 1. The molecule has 0 radical (unpaired) electrons. The van der Waals surface area contributed by atoms with Gasteiger partial charge in [-0.2, -0.15) is 0 Å². The normalized spacial score (nSPS) is 11.4. The third kappa shape index (κ3) is 1.32. The first kappa shape index (κ1) is 9.99. The van der Waals surface area contributed by atoms with E-state index in [9.17, 15) is 4.39 Å². The standard InChI is InChI=1S/C10H4BrClFN3/c11-4-1-5-9(14-2-4)7-6(16-5)3-15-10(12)8(7)13/h1-3,16H. The van der Waals surface area contributed by atoms with Crippen molar-refractivity contribution < 1.29 is 4.39 Å². The van der Waals surface area contributed by atoms with Crippen LogP contribution in [0, 0.1) is 5.82 Å². The Labute approximate surface area is 103 Å². The number of halogens is 3. The lowest BCUT2D eigenvalue weighted by atomic mass is 10.2. The van der Waals surface area contributed by atoms with Crippen LogP contribution in [0.3, 0.4) is 0 Å². The minimum Gasteiger partial charge on any atom is -0.352 e. The summed E-state index contributed by atoms with van der Waals surface area (Å²) in [6.07, 6.45) is 3.11. The molecule has 80 valence electrons. The summed E-state index contributed by atoms with van der Waals surface area (Å²) in [6.45, 7) is 0. The van der Waals surface area contributed by atoms with Gasteiger partial charge in [-0.15, -0.1) is 0 Å². The minimum absolute atomic E-state index is 0.141. The van der Waals surface area contributed by atoms with Gasteiger partial charge < -0.3 is 4.98 Å². The number of fused-ring (bicyclic) bond motifs is 3. The third-order valence-corrected chi connectivity index (χ3v) is 3.03. The Morgan fingerprint density at radius 1 is 1.25 bits per heavy atom. The molecule has 0 amide bonds. The Hall–Kier alpha value is -1.20. The molecule has 6 heteroatoms. The number of nitrogens with zero attached hydrogens (tertiary/aromatic N) is 2. The zero-order valence-electron chi connectivity index (χ0n) is 7.76. The predicted molar refractivity (Wildman–Crippen MR) is 64.1 cm³/mol. The van der Waals surface area contributed by atoms with Crippen molar-refractivity contribution in [2.24, 2.45) is 0 Å². The van der Waals surface area contributed by atoms with E-state index in [1.54, 1.807) is 6.20 Å². The number of nitrogens with one attached hydrogen (secondary N) is 1. The van der Waals surface area contributed by atoms with Crippen LogP contribution in [-0.4, -0.2) is 15.0 Å². The first-order valence-corrected chi connectivity index (χ1v) is 5.61. The zero-order valence-corrected chi connectivity index (χ0v) is 10.1. The van der Waals surface area contributed by atoms with Gasteiger partial charge in [0.15, 0.2) is 11.0 Å². The molecule has 0 atom stereocenters. The van der Waals surface area contributed by atoms with Gasteiger partial charge in [-0.1, -0.05) is 11.6 Å². The summed E-state index contributed by atoms with van der Waals surface area (Å²) < 4.78 is 14.6. The molecule has 0 aliphatic rings. The molecular weight excluding hydrogens is 296 g/mol. The summed E-state index contributed by atoms with van der Waals surface area (Å²) in [5.74, 6) is -0.541. The largest absolute Gasteiger partial charge is 0.352 e. The highest BCUT2D eigenvalue weighted by molar-refractivity contribution is 9.10. The van der Waals surface area contributed by atoms with Crippen LogP contribution in [-0.2, 0) is 0 Å². The highest BCUT2D eigenvalue weighted by atomic mass is 79.9. The van der Waals surface area contributed by atoms with Gasteiger partial charge in [0.25, 0.3) is 0 Å². The van der Waals surface area contributed by atoms with Gasteiger partial charge >= 0.3 is 0 Å². The molecule has 3 heterocycles. The molecule has 3 rings (SSSR count). The second kappa shape index (κ2) is 3.40. The van der Waals surface area contributed by atoms with Crippen molar-refractivity contribution in [2.75, 3.05) is 0 Å². The highest BCUT2D eigenvalue weighted by Gasteiger charge is 2.13. The molecule has 3 aromatic heterocycles. The maximum atomic E-state index is 13.8. The lowest BCUT2D eigenvalue weighted by Crippen LogP contribution is -1.84. The number of aromatic amines is 1. The summed E-state index contributed by atoms with van der Waals surface area (Å²) in [4.78, 5) is 10.9. The van der Waals surface area contributed by atoms with E-state index in [1.807, 2.05) is 6.07 Å². The molecule has 0 aliphatic heterocycles. The third-order valence-electron chi connectivity index (χ3n) is 2.34. The molecule has 1 N–H and O–H groups in total. The topological polar surface area (TPSA) is 41.6 Å². The summed E-state index contributed by atoms with van der Waals surface area (Å²) in [6, 6.07) is 1.83. The van der Waals surface area contributed by atoms with E-state index >= 15 is 0 Å². The summed E-state index contributed by atoms with van der Waals surface area (Å²) in [5, 5.41) is 0.237. The maximum absolute atomic E-state index is 13.8. The molecule has 3 aromatic rings. The fourth-order valence-corrected chi connectivity index (χ4v) is 2.14.